The second-order valence-corrected chi connectivity index (χ2v) is 4.53. The molecule has 1 unspecified atom stereocenters. The van der Waals surface area contributed by atoms with Crippen molar-refractivity contribution in [3.8, 4) is 0 Å². The molecule has 2 rings (SSSR count). The summed E-state index contributed by atoms with van der Waals surface area (Å²) in [6, 6.07) is 3.98. The van der Waals surface area contributed by atoms with Crippen molar-refractivity contribution in [3.63, 3.8) is 0 Å². The van der Waals surface area contributed by atoms with Gasteiger partial charge in [0.2, 0.25) is 0 Å². The van der Waals surface area contributed by atoms with Gasteiger partial charge in [-0.2, -0.15) is 0 Å². The zero-order valence-corrected chi connectivity index (χ0v) is 10.9. The molecule has 0 amide bonds. The predicted octanol–water partition coefficient (Wildman–Crippen LogP) is 2.35. The van der Waals surface area contributed by atoms with Crippen LogP contribution in [0.15, 0.2) is 23.6 Å². The Morgan fingerprint density at radius 3 is 2.72 bits per heavy atom. The van der Waals surface area contributed by atoms with E-state index in [-0.39, 0.29) is 11.9 Å². The molecule has 18 heavy (non-hydrogen) atoms. The second kappa shape index (κ2) is 4.68. The van der Waals surface area contributed by atoms with E-state index in [1.165, 1.54) is 11.1 Å². The van der Waals surface area contributed by atoms with E-state index in [0.29, 0.717) is 0 Å². The van der Waals surface area contributed by atoms with Crippen molar-refractivity contribution in [1.82, 2.24) is 9.55 Å². The Balaban J connectivity index is 2.61. The molecule has 1 aromatic carbocycles. The molecule has 1 atom stereocenters. The summed E-state index contributed by atoms with van der Waals surface area (Å²) in [7, 11) is 0. The Kier molecular flexibility index (Phi) is 3.23. The first-order valence-electron chi connectivity index (χ1n) is 5.99. The van der Waals surface area contributed by atoms with Crippen LogP contribution >= 0.6 is 0 Å². The van der Waals surface area contributed by atoms with E-state index in [2.05, 4.69) is 36.1 Å². The number of rotatable bonds is 3. The zero-order chi connectivity index (χ0) is 13.3. The van der Waals surface area contributed by atoms with E-state index in [9.17, 15) is 0 Å². The smallest absolute Gasteiger partial charge is 0.162 e. The van der Waals surface area contributed by atoms with Gasteiger partial charge in [0, 0.05) is 0 Å². The van der Waals surface area contributed by atoms with Crippen molar-refractivity contribution in [2.75, 3.05) is 0 Å². The maximum atomic E-state index is 8.84. The van der Waals surface area contributed by atoms with Crippen molar-refractivity contribution in [2.45, 2.75) is 33.2 Å². The first-order chi connectivity index (χ1) is 8.58. The van der Waals surface area contributed by atoms with Crippen molar-refractivity contribution in [3.05, 3.63) is 29.6 Å². The van der Waals surface area contributed by atoms with Gasteiger partial charge in [-0.3, -0.25) is 0 Å². The number of benzene rings is 1. The average molecular weight is 246 g/mol. The summed E-state index contributed by atoms with van der Waals surface area (Å²) in [6.07, 6.45) is 2.49. The first kappa shape index (κ1) is 12.4. The van der Waals surface area contributed by atoms with Crippen LogP contribution in [0.2, 0.25) is 0 Å². The third kappa shape index (κ3) is 1.92. The first-order valence-corrected chi connectivity index (χ1v) is 5.99. The van der Waals surface area contributed by atoms with Crippen LogP contribution in [0.5, 0.6) is 0 Å². The van der Waals surface area contributed by atoms with Crippen molar-refractivity contribution in [2.24, 2.45) is 10.9 Å². The maximum Gasteiger partial charge on any atom is 0.162 e. The van der Waals surface area contributed by atoms with Gasteiger partial charge in [0.25, 0.3) is 0 Å². The molecule has 0 radical (unpaired) electrons. The van der Waals surface area contributed by atoms with E-state index in [4.69, 9.17) is 10.9 Å². The molecule has 1 heterocycles. The number of aryl methyl sites for hydroxylation is 2. The van der Waals surface area contributed by atoms with E-state index in [1.54, 1.807) is 6.33 Å². The van der Waals surface area contributed by atoms with E-state index >= 15 is 0 Å². The molecule has 5 nitrogen and oxygen atoms in total. The molecule has 0 aliphatic rings. The summed E-state index contributed by atoms with van der Waals surface area (Å²) in [6.45, 7) is 6.13. The Hall–Kier alpha value is -2.04. The number of imidazole rings is 1. The number of hydrogen-bond donors (Lipinski definition) is 2. The monoisotopic (exact) mass is 246 g/mol. The minimum atomic E-state index is -0.165. The number of amidine groups is 1. The molecule has 5 heteroatoms. The largest absolute Gasteiger partial charge is 0.409 e. The van der Waals surface area contributed by atoms with Crippen LogP contribution < -0.4 is 5.73 Å². The fourth-order valence-electron chi connectivity index (χ4n) is 2.15. The molecule has 96 valence electrons. The predicted molar refractivity (Wildman–Crippen MR) is 71.9 cm³/mol. The molecule has 0 saturated heterocycles. The molecule has 0 saturated carbocycles. The topological polar surface area (TPSA) is 76.4 Å². The van der Waals surface area contributed by atoms with Crippen LogP contribution in [0, 0.1) is 13.8 Å². The van der Waals surface area contributed by atoms with E-state index < -0.39 is 0 Å². The zero-order valence-electron chi connectivity index (χ0n) is 10.9. The minimum absolute atomic E-state index is 0.165. The number of hydrogen-bond acceptors (Lipinski definition) is 3. The summed E-state index contributed by atoms with van der Waals surface area (Å²) in [4.78, 5) is 4.38. The molecule has 0 spiro atoms. The average Bonchev–Trinajstić information content (AvgIpc) is 2.74. The van der Waals surface area contributed by atoms with Crippen molar-refractivity contribution < 1.29 is 5.21 Å². The quantitative estimate of drug-likeness (QED) is 0.378. The van der Waals surface area contributed by atoms with Gasteiger partial charge < -0.3 is 15.5 Å². The molecular formula is C13H18N4O. The Bertz CT molecular complexity index is 600. The summed E-state index contributed by atoms with van der Waals surface area (Å²) in [5.41, 5.74) is 10.1. The highest BCUT2D eigenvalue weighted by molar-refractivity contribution is 5.86. The van der Waals surface area contributed by atoms with Gasteiger partial charge in [0.05, 0.1) is 23.4 Å². The summed E-state index contributed by atoms with van der Waals surface area (Å²) in [5.74, 6) is 0.204. The Morgan fingerprint density at radius 2 is 2.11 bits per heavy atom. The fraction of sp³-hybridized carbons (Fsp3) is 0.385. The maximum absolute atomic E-state index is 8.84. The van der Waals surface area contributed by atoms with Crippen LogP contribution in [0.3, 0.4) is 0 Å². The van der Waals surface area contributed by atoms with Gasteiger partial charge in [-0.05, 0) is 43.5 Å². The lowest BCUT2D eigenvalue weighted by atomic mass is 10.1. The molecule has 3 N–H and O–H groups in total. The number of nitrogens with zero attached hydrogens (tertiary/aromatic N) is 3. The van der Waals surface area contributed by atoms with Crippen molar-refractivity contribution >= 4 is 16.9 Å². The molecular weight excluding hydrogens is 228 g/mol. The highest BCUT2D eigenvalue weighted by atomic mass is 16.4. The molecule has 0 bridgehead atoms. The van der Waals surface area contributed by atoms with E-state index in [0.717, 1.165) is 17.5 Å². The van der Waals surface area contributed by atoms with Gasteiger partial charge in [0.15, 0.2) is 5.84 Å². The highest BCUT2D eigenvalue weighted by Gasteiger charge is 2.17. The Labute approximate surface area is 106 Å². The minimum Gasteiger partial charge on any atom is -0.409 e. The van der Waals surface area contributed by atoms with Crippen LogP contribution in [0.25, 0.3) is 11.0 Å². The number of fused-ring (bicyclic) bond motifs is 1. The molecule has 2 aromatic rings. The number of aromatic nitrogens is 2. The second-order valence-electron chi connectivity index (χ2n) is 4.53. The van der Waals surface area contributed by atoms with Crippen LogP contribution in [0.1, 0.15) is 30.5 Å². The number of nitrogens with two attached hydrogens (primary N) is 1. The Morgan fingerprint density at radius 1 is 1.44 bits per heavy atom. The third-order valence-corrected chi connectivity index (χ3v) is 3.37. The molecule has 0 fully saturated rings. The molecule has 0 aliphatic carbocycles. The van der Waals surface area contributed by atoms with Gasteiger partial charge in [-0.15, -0.1) is 0 Å². The normalized spacial score (nSPS) is 14.1. The van der Waals surface area contributed by atoms with Crippen molar-refractivity contribution in [1.29, 1.82) is 0 Å². The summed E-state index contributed by atoms with van der Waals surface area (Å²) >= 11 is 0. The van der Waals surface area contributed by atoms with Crippen LogP contribution in [-0.2, 0) is 0 Å². The van der Waals surface area contributed by atoms with E-state index in [1.807, 2.05) is 11.5 Å². The standard InChI is InChI=1S/C13H18N4O/c1-4-11(13(14)16-18)17-7-15-10-5-8(2)9(3)6-12(10)17/h5-7,11,18H,4H2,1-3H3,(H2,14,16). The number of oxime groups is 1. The lowest BCUT2D eigenvalue weighted by Crippen LogP contribution is -2.26. The van der Waals surface area contributed by atoms with Crippen LogP contribution in [-0.4, -0.2) is 20.6 Å². The molecule has 1 aromatic heterocycles. The lowest BCUT2D eigenvalue weighted by Gasteiger charge is -2.16. The van der Waals surface area contributed by atoms with Gasteiger partial charge in [-0.1, -0.05) is 12.1 Å². The summed E-state index contributed by atoms with van der Waals surface area (Å²) < 4.78 is 1.96. The fourth-order valence-corrected chi connectivity index (χ4v) is 2.15. The highest BCUT2D eigenvalue weighted by Crippen LogP contribution is 2.23. The lowest BCUT2D eigenvalue weighted by molar-refractivity contribution is 0.313. The SMILES string of the molecule is CCC(C(N)=NO)n1cnc2cc(C)c(C)cc21. The van der Waals surface area contributed by atoms with Crippen LogP contribution in [0.4, 0.5) is 0 Å². The van der Waals surface area contributed by atoms with Gasteiger partial charge >= 0.3 is 0 Å². The molecule has 0 aliphatic heterocycles. The van der Waals surface area contributed by atoms with Gasteiger partial charge in [0.1, 0.15) is 0 Å². The third-order valence-electron chi connectivity index (χ3n) is 3.37. The summed E-state index contributed by atoms with van der Waals surface area (Å²) in [5, 5.41) is 11.9. The van der Waals surface area contributed by atoms with Gasteiger partial charge in [-0.25, -0.2) is 4.98 Å².